The van der Waals surface area contributed by atoms with Gasteiger partial charge in [-0.15, -0.1) is 0 Å². The van der Waals surface area contributed by atoms with Crippen molar-refractivity contribution in [1.29, 1.82) is 0 Å². The van der Waals surface area contributed by atoms with Crippen LogP contribution in [-0.2, 0) is 14.6 Å². The predicted octanol–water partition coefficient (Wildman–Crippen LogP) is 2.49. The van der Waals surface area contributed by atoms with Gasteiger partial charge >= 0.3 is 5.76 Å². The number of rotatable bonds is 6. The van der Waals surface area contributed by atoms with E-state index in [0.29, 0.717) is 16.3 Å². The Kier molecular flexibility index (Phi) is 5.43. The molecular weight excluding hydrogens is 394 g/mol. The maximum atomic E-state index is 12.3. The Morgan fingerprint density at radius 3 is 2.59 bits per heavy atom. The Bertz CT molecular complexity index is 1120. The maximum absolute atomic E-state index is 12.3. The van der Waals surface area contributed by atoms with E-state index in [9.17, 15) is 18.0 Å². The Hall–Kier alpha value is -2.91. The molecule has 140 valence electrons. The number of halogens is 1. The van der Waals surface area contributed by atoms with Gasteiger partial charge in [0.05, 0.1) is 10.6 Å². The molecule has 10 heteroatoms. The summed E-state index contributed by atoms with van der Waals surface area (Å²) in [7, 11) is -3.59. The maximum Gasteiger partial charge on any atom is 0.439 e. The highest BCUT2D eigenvalue weighted by Gasteiger charge is 2.16. The number of amides is 1. The van der Waals surface area contributed by atoms with Gasteiger partial charge in [0.2, 0.25) is 5.91 Å². The second-order valence-corrected chi connectivity index (χ2v) is 8.14. The lowest BCUT2D eigenvalue weighted by Gasteiger charge is -2.07. The van der Waals surface area contributed by atoms with Crippen LogP contribution in [0.3, 0.4) is 0 Å². The lowest BCUT2D eigenvalue weighted by atomic mass is 10.2. The van der Waals surface area contributed by atoms with Crippen molar-refractivity contribution in [1.82, 2.24) is 10.1 Å². The van der Waals surface area contributed by atoms with Gasteiger partial charge in [-0.1, -0.05) is 28.9 Å². The van der Waals surface area contributed by atoms with Crippen LogP contribution in [0.25, 0.3) is 11.4 Å². The SMILES string of the molecule is O=C(CCS(=O)(=O)c1ccc(Cl)cc1)Nc1cccc(-c2noc(=O)[nH]2)c1. The highest BCUT2D eigenvalue weighted by molar-refractivity contribution is 7.91. The summed E-state index contributed by atoms with van der Waals surface area (Å²) in [5, 5.41) is 6.62. The Morgan fingerprint density at radius 2 is 1.93 bits per heavy atom. The summed E-state index contributed by atoms with van der Waals surface area (Å²) < 4.78 is 29.0. The topological polar surface area (TPSA) is 122 Å². The first kappa shape index (κ1) is 18.9. The van der Waals surface area contributed by atoms with Crippen LogP contribution in [0.5, 0.6) is 0 Å². The fourth-order valence-electron chi connectivity index (χ4n) is 2.31. The third kappa shape index (κ3) is 4.83. The lowest BCUT2D eigenvalue weighted by Crippen LogP contribution is -2.17. The fourth-order valence-corrected chi connectivity index (χ4v) is 3.68. The first-order valence-electron chi connectivity index (χ1n) is 7.78. The molecule has 3 rings (SSSR count). The zero-order chi connectivity index (χ0) is 19.4. The number of hydrogen-bond donors (Lipinski definition) is 2. The van der Waals surface area contributed by atoms with Gasteiger partial charge < -0.3 is 5.32 Å². The number of aromatic amines is 1. The average Bonchev–Trinajstić information content (AvgIpc) is 3.07. The molecule has 1 heterocycles. The molecule has 2 aromatic carbocycles. The lowest BCUT2D eigenvalue weighted by molar-refractivity contribution is -0.115. The van der Waals surface area contributed by atoms with Crippen LogP contribution in [0.15, 0.2) is 62.7 Å². The van der Waals surface area contributed by atoms with Gasteiger partial charge in [-0.05, 0) is 36.4 Å². The minimum atomic E-state index is -3.59. The van der Waals surface area contributed by atoms with E-state index in [0.717, 1.165) is 0 Å². The molecular formula is C17H14ClN3O5S. The van der Waals surface area contributed by atoms with Crippen molar-refractivity contribution < 1.29 is 17.7 Å². The number of hydrogen-bond acceptors (Lipinski definition) is 6. The van der Waals surface area contributed by atoms with Crippen LogP contribution >= 0.6 is 11.6 Å². The van der Waals surface area contributed by atoms with E-state index in [-0.39, 0.29) is 22.9 Å². The van der Waals surface area contributed by atoms with Crippen molar-refractivity contribution in [2.45, 2.75) is 11.3 Å². The van der Waals surface area contributed by atoms with Crippen molar-refractivity contribution in [2.75, 3.05) is 11.1 Å². The van der Waals surface area contributed by atoms with Gasteiger partial charge in [0.1, 0.15) is 0 Å². The van der Waals surface area contributed by atoms with E-state index in [4.69, 9.17) is 11.6 Å². The first-order valence-corrected chi connectivity index (χ1v) is 9.81. The molecule has 2 N–H and O–H groups in total. The van der Waals surface area contributed by atoms with E-state index < -0.39 is 21.5 Å². The molecule has 0 aliphatic rings. The Balaban J connectivity index is 1.64. The van der Waals surface area contributed by atoms with Crippen molar-refractivity contribution >= 4 is 33.0 Å². The second-order valence-electron chi connectivity index (χ2n) is 5.60. The van der Waals surface area contributed by atoms with Crippen LogP contribution < -0.4 is 11.1 Å². The third-order valence-electron chi connectivity index (χ3n) is 3.63. The van der Waals surface area contributed by atoms with E-state index in [1.165, 1.54) is 24.3 Å². The number of benzene rings is 2. The summed E-state index contributed by atoms with van der Waals surface area (Å²) in [5.74, 6) is -1.26. The van der Waals surface area contributed by atoms with Crippen LogP contribution in [0.1, 0.15) is 6.42 Å². The van der Waals surface area contributed by atoms with Crippen LogP contribution in [0.4, 0.5) is 5.69 Å². The molecule has 0 aliphatic heterocycles. The normalized spacial score (nSPS) is 11.3. The van der Waals surface area contributed by atoms with Gasteiger partial charge in [-0.2, -0.15) is 0 Å². The Morgan fingerprint density at radius 1 is 1.19 bits per heavy atom. The summed E-state index contributed by atoms with van der Waals surface area (Å²) in [6, 6.07) is 12.3. The molecule has 0 saturated heterocycles. The average molecular weight is 408 g/mol. The number of aromatic nitrogens is 2. The molecule has 0 radical (unpaired) electrons. The summed E-state index contributed by atoms with van der Waals surface area (Å²) in [4.78, 5) is 25.6. The summed E-state index contributed by atoms with van der Waals surface area (Å²) in [6.45, 7) is 0. The molecule has 0 spiro atoms. The quantitative estimate of drug-likeness (QED) is 0.647. The number of nitrogens with one attached hydrogen (secondary N) is 2. The zero-order valence-corrected chi connectivity index (χ0v) is 15.4. The van der Waals surface area contributed by atoms with Gasteiger partial charge in [0.25, 0.3) is 0 Å². The third-order valence-corrected chi connectivity index (χ3v) is 5.61. The summed E-state index contributed by atoms with van der Waals surface area (Å²) >= 11 is 5.75. The predicted molar refractivity (Wildman–Crippen MR) is 99.3 cm³/mol. The van der Waals surface area contributed by atoms with Crippen molar-refractivity contribution in [3.63, 3.8) is 0 Å². The van der Waals surface area contributed by atoms with Crippen LogP contribution in [0.2, 0.25) is 5.02 Å². The molecule has 8 nitrogen and oxygen atoms in total. The number of sulfone groups is 1. The standard InChI is InChI=1S/C17H14ClN3O5S/c18-12-4-6-14(7-5-12)27(24,25)9-8-15(22)19-13-3-1-2-11(10-13)16-20-17(23)26-21-16/h1-7,10H,8-9H2,(H,19,22)(H,20,21,23). The van der Waals surface area contributed by atoms with E-state index in [2.05, 4.69) is 20.0 Å². The van der Waals surface area contributed by atoms with Gasteiger partial charge in [-0.3, -0.25) is 14.3 Å². The molecule has 27 heavy (non-hydrogen) atoms. The summed E-state index contributed by atoms with van der Waals surface area (Å²) in [6.07, 6.45) is -0.212. The molecule has 1 aromatic heterocycles. The van der Waals surface area contributed by atoms with Crippen molar-refractivity contribution in [3.8, 4) is 11.4 Å². The fraction of sp³-hybridized carbons (Fsp3) is 0.118. The number of carbonyl (C=O) groups is 1. The van der Waals surface area contributed by atoms with Crippen molar-refractivity contribution in [2.24, 2.45) is 0 Å². The minimum absolute atomic E-state index is 0.108. The van der Waals surface area contributed by atoms with Crippen LogP contribution in [-0.4, -0.2) is 30.2 Å². The monoisotopic (exact) mass is 407 g/mol. The van der Waals surface area contributed by atoms with Gasteiger partial charge in [-0.25, -0.2) is 13.2 Å². The first-order chi connectivity index (χ1) is 12.8. The number of anilines is 1. The van der Waals surface area contributed by atoms with E-state index >= 15 is 0 Å². The highest BCUT2D eigenvalue weighted by Crippen LogP contribution is 2.19. The number of carbonyl (C=O) groups excluding carboxylic acids is 1. The molecule has 0 fully saturated rings. The highest BCUT2D eigenvalue weighted by atomic mass is 35.5. The van der Waals surface area contributed by atoms with E-state index in [1.54, 1.807) is 24.3 Å². The molecule has 0 unspecified atom stereocenters. The molecule has 0 atom stereocenters. The second kappa shape index (κ2) is 7.77. The van der Waals surface area contributed by atoms with Gasteiger partial charge in [0, 0.05) is 22.7 Å². The van der Waals surface area contributed by atoms with Crippen molar-refractivity contribution in [3.05, 3.63) is 64.1 Å². The Labute approximate surface area is 159 Å². The minimum Gasteiger partial charge on any atom is -0.326 e. The summed E-state index contributed by atoms with van der Waals surface area (Å²) in [5.41, 5.74) is 0.970. The van der Waals surface area contributed by atoms with Gasteiger partial charge in [0.15, 0.2) is 15.7 Å². The molecule has 0 aliphatic carbocycles. The molecule has 3 aromatic rings. The zero-order valence-electron chi connectivity index (χ0n) is 13.8. The van der Waals surface area contributed by atoms with E-state index in [1.807, 2.05) is 0 Å². The molecule has 0 saturated carbocycles. The number of H-pyrrole nitrogens is 1. The smallest absolute Gasteiger partial charge is 0.326 e. The largest absolute Gasteiger partial charge is 0.439 e. The molecule has 0 bridgehead atoms. The number of nitrogens with zero attached hydrogens (tertiary/aromatic N) is 1. The molecule has 1 amide bonds. The van der Waals surface area contributed by atoms with Crippen LogP contribution in [0, 0.1) is 0 Å².